The van der Waals surface area contributed by atoms with E-state index in [1.807, 2.05) is 31.2 Å². The molecule has 0 radical (unpaired) electrons. The van der Waals surface area contributed by atoms with Crippen molar-refractivity contribution in [3.63, 3.8) is 0 Å². The third kappa shape index (κ3) is 3.32. The molecule has 0 spiro atoms. The zero-order valence-corrected chi connectivity index (χ0v) is 12.3. The molecule has 0 aromatic heterocycles. The van der Waals surface area contributed by atoms with Crippen LogP contribution in [0.3, 0.4) is 0 Å². The second kappa shape index (κ2) is 7.07. The van der Waals surface area contributed by atoms with Crippen molar-refractivity contribution in [2.24, 2.45) is 0 Å². The molecule has 112 valence electrons. The molecule has 1 aromatic carbocycles. The molecular formula is C16H24O4. The minimum Gasteiger partial charge on any atom is -0.496 e. The van der Waals surface area contributed by atoms with Crippen LogP contribution in [0.5, 0.6) is 5.75 Å². The van der Waals surface area contributed by atoms with Gasteiger partial charge in [-0.25, -0.2) is 0 Å². The van der Waals surface area contributed by atoms with Crippen molar-refractivity contribution in [3.8, 4) is 5.75 Å². The minimum atomic E-state index is -0.553. The van der Waals surface area contributed by atoms with Crippen molar-refractivity contribution in [1.82, 2.24) is 0 Å². The Morgan fingerprint density at radius 3 is 2.65 bits per heavy atom. The molecule has 1 fully saturated rings. The average Bonchev–Trinajstić information content (AvgIpc) is 2.49. The SMILES string of the molecule is CCOC1(C(O)Cc2ccccc2OC)CCOCC1. The van der Waals surface area contributed by atoms with Crippen LogP contribution in [0.1, 0.15) is 25.3 Å². The molecule has 1 aromatic rings. The first-order chi connectivity index (χ1) is 9.72. The van der Waals surface area contributed by atoms with Gasteiger partial charge in [0, 0.05) is 39.1 Å². The van der Waals surface area contributed by atoms with Gasteiger partial charge in [0.2, 0.25) is 0 Å². The summed E-state index contributed by atoms with van der Waals surface area (Å²) in [5, 5.41) is 10.7. The highest BCUT2D eigenvalue weighted by Gasteiger charge is 2.40. The molecule has 1 N–H and O–H groups in total. The number of hydrogen-bond donors (Lipinski definition) is 1. The van der Waals surface area contributed by atoms with Gasteiger partial charge in [0.05, 0.1) is 18.8 Å². The van der Waals surface area contributed by atoms with Gasteiger partial charge in [0.1, 0.15) is 5.75 Å². The molecule has 1 unspecified atom stereocenters. The van der Waals surface area contributed by atoms with Gasteiger partial charge in [-0.3, -0.25) is 0 Å². The standard InChI is InChI=1S/C16H24O4/c1-3-20-16(8-10-19-11-9-16)15(17)12-13-6-4-5-7-14(13)18-2/h4-7,15,17H,3,8-12H2,1-2H3. The molecule has 4 nitrogen and oxygen atoms in total. The zero-order chi connectivity index (χ0) is 14.4. The lowest BCUT2D eigenvalue weighted by Gasteiger charge is -2.40. The Labute approximate surface area is 120 Å². The number of benzene rings is 1. The summed E-state index contributed by atoms with van der Waals surface area (Å²) < 4.78 is 16.7. The van der Waals surface area contributed by atoms with Gasteiger partial charge in [-0.05, 0) is 18.6 Å². The number of aliphatic hydroxyl groups excluding tert-OH is 1. The summed E-state index contributed by atoms with van der Waals surface area (Å²) in [6, 6.07) is 7.80. The molecule has 20 heavy (non-hydrogen) atoms. The van der Waals surface area contributed by atoms with E-state index in [-0.39, 0.29) is 0 Å². The Morgan fingerprint density at radius 2 is 2.00 bits per heavy atom. The number of hydrogen-bond acceptors (Lipinski definition) is 4. The topological polar surface area (TPSA) is 47.9 Å². The molecule has 0 saturated carbocycles. The smallest absolute Gasteiger partial charge is 0.122 e. The van der Waals surface area contributed by atoms with E-state index < -0.39 is 11.7 Å². The minimum absolute atomic E-state index is 0.492. The molecule has 2 rings (SSSR count). The maximum absolute atomic E-state index is 10.7. The molecule has 0 bridgehead atoms. The molecule has 4 heteroatoms. The van der Waals surface area contributed by atoms with Gasteiger partial charge in [-0.2, -0.15) is 0 Å². The van der Waals surface area contributed by atoms with Crippen LogP contribution in [0.25, 0.3) is 0 Å². The van der Waals surface area contributed by atoms with Gasteiger partial charge < -0.3 is 19.3 Å². The Hall–Kier alpha value is -1.10. The first-order valence-corrected chi connectivity index (χ1v) is 7.23. The number of aliphatic hydroxyl groups is 1. The van der Waals surface area contributed by atoms with Crippen LogP contribution in [0.4, 0.5) is 0 Å². The van der Waals surface area contributed by atoms with Crippen molar-refractivity contribution >= 4 is 0 Å². The predicted molar refractivity (Wildman–Crippen MR) is 77.1 cm³/mol. The summed E-state index contributed by atoms with van der Waals surface area (Å²) in [6.07, 6.45) is 1.45. The molecule has 1 saturated heterocycles. The second-order valence-electron chi connectivity index (χ2n) is 5.14. The van der Waals surface area contributed by atoms with Crippen molar-refractivity contribution in [3.05, 3.63) is 29.8 Å². The number of ether oxygens (including phenoxy) is 3. The molecule has 1 aliphatic rings. The number of para-hydroxylation sites is 1. The van der Waals surface area contributed by atoms with E-state index in [1.54, 1.807) is 7.11 Å². The molecule has 0 amide bonds. The summed E-state index contributed by atoms with van der Waals surface area (Å²) in [5.41, 5.74) is 0.515. The quantitative estimate of drug-likeness (QED) is 0.867. The summed E-state index contributed by atoms with van der Waals surface area (Å²) in [4.78, 5) is 0. The lowest BCUT2D eigenvalue weighted by Crippen LogP contribution is -2.50. The highest BCUT2D eigenvalue weighted by atomic mass is 16.5. The van der Waals surface area contributed by atoms with Crippen molar-refractivity contribution < 1.29 is 19.3 Å². The molecule has 0 aliphatic carbocycles. The van der Waals surface area contributed by atoms with Crippen LogP contribution in [-0.2, 0) is 15.9 Å². The Morgan fingerprint density at radius 1 is 1.30 bits per heavy atom. The van der Waals surface area contributed by atoms with E-state index in [9.17, 15) is 5.11 Å². The van der Waals surface area contributed by atoms with Crippen molar-refractivity contribution in [1.29, 1.82) is 0 Å². The van der Waals surface area contributed by atoms with Crippen molar-refractivity contribution in [2.75, 3.05) is 26.9 Å². The Kier molecular flexibility index (Phi) is 5.40. The highest BCUT2D eigenvalue weighted by molar-refractivity contribution is 5.34. The third-order valence-electron chi connectivity index (χ3n) is 3.98. The molecule has 1 aliphatic heterocycles. The van der Waals surface area contributed by atoms with Crippen molar-refractivity contribution in [2.45, 2.75) is 37.9 Å². The van der Waals surface area contributed by atoms with Crippen LogP contribution in [0.2, 0.25) is 0 Å². The van der Waals surface area contributed by atoms with E-state index in [0.29, 0.717) is 26.2 Å². The van der Waals surface area contributed by atoms with Gasteiger partial charge in [0.25, 0.3) is 0 Å². The first kappa shape index (κ1) is 15.3. The van der Waals surface area contributed by atoms with E-state index in [4.69, 9.17) is 14.2 Å². The monoisotopic (exact) mass is 280 g/mol. The summed E-state index contributed by atoms with van der Waals surface area (Å²) in [6.45, 7) is 3.85. The van der Waals surface area contributed by atoms with Crippen LogP contribution < -0.4 is 4.74 Å². The van der Waals surface area contributed by atoms with Gasteiger partial charge >= 0.3 is 0 Å². The molecule has 1 atom stereocenters. The Bertz CT molecular complexity index is 407. The maximum atomic E-state index is 10.7. The maximum Gasteiger partial charge on any atom is 0.122 e. The zero-order valence-electron chi connectivity index (χ0n) is 12.3. The average molecular weight is 280 g/mol. The molecular weight excluding hydrogens is 256 g/mol. The predicted octanol–water partition coefficient (Wildman–Crippen LogP) is 2.18. The van der Waals surface area contributed by atoms with E-state index in [1.165, 1.54) is 0 Å². The molecule has 1 heterocycles. The van der Waals surface area contributed by atoms with Crippen LogP contribution >= 0.6 is 0 Å². The van der Waals surface area contributed by atoms with Gasteiger partial charge in [-0.1, -0.05) is 18.2 Å². The fourth-order valence-corrected chi connectivity index (χ4v) is 2.84. The van der Waals surface area contributed by atoms with Crippen LogP contribution in [-0.4, -0.2) is 43.7 Å². The summed E-state index contributed by atoms with van der Waals surface area (Å²) in [7, 11) is 1.65. The normalized spacial score (nSPS) is 19.6. The fraction of sp³-hybridized carbons (Fsp3) is 0.625. The van der Waals surface area contributed by atoms with E-state index in [0.717, 1.165) is 24.2 Å². The third-order valence-corrected chi connectivity index (χ3v) is 3.98. The van der Waals surface area contributed by atoms with E-state index in [2.05, 4.69) is 0 Å². The van der Waals surface area contributed by atoms with Gasteiger partial charge in [-0.15, -0.1) is 0 Å². The summed E-state index contributed by atoms with van der Waals surface area (Å²) >= 11 is 0. The second-order valence-corrected chi connectivity index (χ2v) is 5.14. The number of rotatable bonds is 6. The fourth-order valence-electron chi connectivity index (χ4n) is 2.84. The lowest BCUT2D eigenvalue weighted by atomic mass is 9.84. The first-order valence-electron chi connectivity index (χ1n) is 7.23. The van der Waals surface area contributed by atoms with E-state index >= 15 is 0 Å². The lowest BCUT2D eigenvalue weighted by molar-refractivity contribution is -0.165. The highest BCUT2D eigenvalue weighted by Crippen LogP contribution is 2.32. The summed E-state index contributed by atoms with van der Waals surface area (Å²) in [5.74, 6) is 0.810. The number of methoxy groups -OCH3 is 1. The van der Waals surface area contributed by atoms with Gasteiger partial charge in [0.15, 0.2) is 0 Å². The Balaban J connectivity index is 2.13. The largest absolute Gasteiger partial charge is 0.496 e. The van der Waals surface area contributed by atoms with Crippen LogP contribution in [0, 0.1) is 0 Å². The van der Waals surface area contributed by atoms with Crippen LogP contribution in [0.15, 0.2) is 24.3 Å².